The van der Waals surface area contributed by atoms with Crippen LogP contribution in [0.25, 0.3) is 0 Å². The first-order valence-corrected chi connectivity index (χ1v) is 8.05. The van der Waals surface area contributed by atoms with Gasteiger partial charge in [0.15, 0.2) is 0 Å². The predicted molar refractivity (Wildman–Crippen MR) is 90.2 cm³/mol. The van der Waals surface area contributed by atoms with Gasteiger partial charge in [-0.05, 0) is 42.7 Å². The fraction of sp³-hybridized carbons (Fsp3) is 0.294. The maximum absolute atomic E-state index is 6.27. The van der Waals surface area contributed by atoms with Gasteiger partial charge in [-0.1, -0.05) is 64.8 Å². The second-order valence-corrected chi connectivity index (χ2v) is 6.25. The van der Waals surface area contributed by atoms with Crippen molar-refractivity contribution < 1.29 is 0 Å². The van der Waals surface area contributed by atoms with E-state index in [-0.39, 0.29) is 6.04 Å². The van der Waals surface area contributed by atoms with Crippen molar-refractivity contribution in [2.45, 2.75) is 32.4 Å². The Morgan fingerprint density at radius 3 is 2.55 bits per heavy atom. The van der Waals surface area contributed by atoms with Gasteiger partial charge in [0.2, 0.25) is 0 Å². The Balaban J connectivity index is 2.16. The molecule has 0 bridgehead atoms. The molecule has 0 spiro atoms. The van der Waals surface area contributed by atoms with Crippen LogP contribution in [-0.4, -0.2) is 0 Å². The summed E-state index contributed by atoms with van der Waals surface area (Å²) in [5.74, 6) is 0. The smallest absolute Gasteiger partial charge is 0.0453 e. The maximum Gasteiger partial charge on any atom is 0.0453 e. The largest absolute Gasteiger partial charge is 0.303 e. The molecule has 0 saturated carbocycles. The molecular weight excluding hydrogens is 334 g/mol. The van der Waals surface area contributed by atoms with Crippen LogP contribution in [0.5, 0.6) is 0 Å². The molecule has 2 rings (SSSR count). The second kappa shape index (κ2) is 7.26. The highest BCUT2D eigenvalue weighted by molar-refractivity contribution is 9.10. The average molecular weight is 353 g/mol. The molecule has 1 N–H and O–H groups in total. The number of benzene rings is 2. The van der Waals surface area contributed by atoms with E-state index in [0.29, 0.717) is 6.04 Å². The van der Waals surface area contributed by atoms with Gasteiger partial charge in [-0.2, -0.15) is 0 Å². The summed E-state index contributed by atoms with van der Waals surface area (Å²) in [7, 11) is 0. The molecule has 2 aromatic carbocycles. The lowest BCUT2D eigenvalue weighted by Gasteiger charge is -2.24. The molecule has 0 aliphatic carbocycles. The number of nitrogens with one attached hydrogen (secondary N) is 1. The Morgan fingerprint density at radius 2 is 1.90 bits per heavy atom. The molecule has 2 atom stereocenters. The minimum atomic E-state index is 0.215. The predicted octanol–water partition coefficient (Wildman–Crippen LogP) is 5.90. The molecule has 20 heavy (non-hydrogen) atoms. The fourth-order valence-corrected chi connectivity index (χ4v) is 3.11. The average Bonchev–Trinajstić information content (AvgIpc) is 2.45. The highest BCUT2D eigenvalue weighted by Gasteiger charge is 2.15. The molecule has 0 saturated heterocycles. The highest BCUT2D eigenvalue weighted by Crippen LogP contribution is 2.27. The summed E-state index contributed by atoms with van der Waals surface area (Å²) in [4.78, 5) is 0. The molecule has 0 aliphatic rings. The Hall–Kier alpha value is -0.830. The Labute approximate surface area is 134 Å². The van der Waals surface area contributed by atoms with E-state index in [1.165, 1.54) is 5.56 Å². The summed E-state index contributed by atoms with van der Waals surface area (Å²) in [6.07, 6.45) is 1.03. The van der Waals surface area contributed by atoms with Crippen LogP contribution in [0.1, 0.15) is 43.5 Å². The standard InChI is InChI=1S/C17H19BrClN/c1-3-17(13-7-6-8-14(18)11-13)20-12(2)15-9-4-5-10-16(15)19/h4-12,17,20H,3H2,1-2H3/t12-,17?/m0/s1. The van der Waals surface area contributed by atoms with Crippen LogP contribution in [-0.2, 0) is 0 Å². The Bertz CT molecular complexity index is 570. The molecular formula is C17H19BrClN. The Morgan fingerprint density at radius 1 is 1.15 bits per heavy atom. The number of halogens is 2. The van der Waals surface area contributed by atoms with Gasteiger partial charge in [0.05, 0.1) is 0 Å². The van der Waals surface area contributed by atoms with Crippen molar-refractivity contribution in [1.82, 2.24) is 5.32 Å². The van der Waals surface area contributed by atoms with Gasteiger partial charge in [-0.25, -0.2) is 0 Å². The first-order chi connectivity index (χ1) is 9.61. The van der Waals surface area contributed by atoms with E-state index in [1.807, 2.05) is 24.3 Å². The zero-order valence-electron chi connectivity index (χ0n) is 11.7. The van der Waals surface area contributed by atoms with Gasteiger partial charge >= 0.3 is 0 Å². The molecule has 1 unspecified atom stereocenters. The lowest BCUT2D eigenvalue weighted by molar-refractivity contribution is 0.456. The van der Waals surface area contributed by atoms with Gasteiger partial charge in [0.1, 0.15) is 0 Å². The lowest BCUT2D eigenvalue weighted by atomic mass is 10.0. The van der Waals surface area contributed by atoms with Crippen LogP contribution < -0.4 is 5.32 Å². The van der Waals surface area contributed by atoms with Gasteiger partial charge in [-0.15, -0.1) is 0 Å². The summed E-state index contributed by atoms with van der Waals surface area (Å²) >= 11 is 9.80. The molecule has 0 fully saturated rings. The van der Waals surface area contributed by atoms with Crippen LogP contribution >= 0.6 is 27.5 Å². The van der Waals surface area contributed by atoms with Gasteiger partial charge in [0, 0.05) is 21.6 Å². The van der Waals surface area contributed by atoms with Crippen molar-refractivity contribution >= 4 is 27.5 Å². The summed E-state index contributed by atoms with van der Waals surface area (Å²) < 4.78 is 1.11. The highest BCUT2D eigenvalue weighted by atomic mass is 79.9. The minimum absolute atomic E-state index is 0.215. The van der Waals surface area contributed by atoms with Crippen molar-refractivity contribution in [3.63, 3.8) is 0 Å². The van der Waals surface area contributed by atoms with Crippen LogP contribution in [0.2, 0.25) is 5.02 Å². The zero-order chi connectivity index (χ0) is 14.5. The summed E-state index contributed by atoms with van der Waals surface area (Å²) in [6, 6.07) is 17.0. The molecule has 0 amide bonds. The molecule has 106 valence electrons. The van der Waals surface area contributed by atoms with Gasteiger partial charge in [0.25, 0.3) is 0 Å². The monoisotopic (exact) mass is 351 g/mol. The number of hydrogen-bond donors (Lipinski definition) is 1. The summed E-state index contributed by atoms with van der Waals surface area (Å²) in [6.45, 7) is 4.35. The first kappa shape index (κ1) is 15.6. The molecule has 0 aromatic heterocycles. The normalized spacial score (nSPS) is 14.0. The Kier molecular flexibility index (Phi) is 5.64. The third kappa shape index (κ3) is 3.85. The van der Waals surface area contributed by atoms with Crippen molar-refractivity contribution in [2.75, 3.05) is 0 Å². The van der Waals surface area contributed by atoms with E-state index in [9.17, 15) is 0 Å². The molecule has 0 heterocycles. The minimum Gasteiger partial charge on any atom is -0.303 e. The van der Waals surface area contributed by atoms with Crippen molar-refractivity contribution in [2.24, 2.45) is 0 Å². The van der Waals surface area contributed by atoms with E-state index >= 15 is 0 Å². The second-order valence-electron chi connectivity index (χ2n) is 4.93. The summed E-state index contributed by atoms with van der Waals surface area (Å²) in [5.41, 5.74) is 2.43. The van der Waals surface area contributed by atoms with Crippen molar-refractivity contribution in [1.29, 1.82) is 0 Å². The maximum atomic E-state index is 6.27. The van der Waals surface area contributed by atoms with Crippen LogP contribution in [0.4, 0.5) is 0 Å². The third-order valence-corrected chi connectivity index (χ3v) is 4.32. The number of rotatable bonds is 5. The van der Waals surface area contributed by atoms with Crippen LogP contribution in [0, 0.1) is 0 Å². The van der Waals surface area contributed by atoms with E-state index in [4.69, 9.17) is 11.6 Å². The van der Waals surface area contributed by atoms with Crippen molar-refractivity contribution in [3.8, 4) is 0 Å². The van der Waals surface area contributed by atoms with Gasteiger partial charge in [-0.3, -0.25) is 0 Å². The van der Waals surface area contributed by atoms with Crippen LogP contribution in [0.3, 0.4) is 0 Å². The van der Waals surface area contributed by atoms with E-state index in [1.54, 1.807) is 0 Å². The number of hydrogen-bond acceptors (Lipinski definition) is 1. The molecule has 2 aromatic rings. The zero-order valence-corrected chi connectivity index (χ0v) is 14.1. The lowest BCUT2D eigenvalue weighted by Crippen LogP contribution is -2.24. The topological polar surface area (TPSA) is 12.0 Å². The fourth-order valence-electron chi connectivity index (χ4n) is 2.39. The quantitative estimate of drug-likeness (QED) is 0.706. The molecule has 1 nitrogen and oxygen atoms in total. The third-order valence-electron chi connectivity index (χ3n) is 3.48. The van der Waals surface area contributed by atoms with Crippen molar-refractivity contribution in [3.05, 3.63) is 69.2 Å². The van der Waals surface area contributed by atoms with Crippen LogP contribution in [0.15, 0.2) is 53.0 Å². The molecule has 0 radical (unpaired) electrons. The van der Waals surface area contributed by atoms with E-state index in [0.717, 1.165) is 21.5 Å². The summed E-state index contributed by atoms with van der Waals surface area (Å²) in [5, 5.41) is 4.48. The first-order valence-electron chi connectivity index (χ1n) is 6.87. The van der Waals surface area contributed by atoms with E-state index in [2.05, 4.69) is 59.4 Å². The van der Waals surface area contributed by atoms with E-state index < -0.39 is 0 Å². The SMILES string of the molecule is CCC(N[C@@H](C)c1ccccc1Cl)c1cccc(Br)c1. The molecule has 3 heteroatoms. The van der Waals surface area contributed by atoms with Gasteiger partial charge < -0.3 is 5.32 Å². The molecule has 0 aliphatic heterocycles.